The number of benzene rings is 2. The van der Waals surface area contributed by atoms with Crippen LogP contribution in [0, 0.1) is 13.8 Å². The first-order valence-electron chi connectivity index (χ1n) is 8.83. The fourth-order valence-electron chi connectivity index (χ4n) is 3.01. The Hall–Kier alpha value is -1.90. The van der Waals surface area contributed by atoms with Gasteiger partial charge >= 0.3 is 10.1 Å². The molecule has 1 fully saturated rings. The van der Waals surface area contributed by atoms with Gasteiger partial charge in [0.1, 0.15) is 10.6 Å². The maximum atomic E-state index is 12.7. The highest BCUT2D eigenvalue weighted by Crippen LogP contribution is 2.26. The van der Waals surface area contributed by atoms with Crippen LogP contribution in [-0.4, -0.2) is 34.2 Å². The maximum Gasteiger partial charge on any atom is 0.339 e. The lowest BCUT2D eigenvalue weighted by Gasteiger charge is -2.25. The van der Waals surface area contributed by atoms with Gasteiger partial charge in [-0.2, -0.15) is 12.7 Å². The number of rotatable bonds is 5. The van der Waals surface area contributed by atoms with E-state index in [1.807, 2.05) is 13.0 Å². The molecule has 0 aliphatic carbocycles. The number of piperidine rings is 1. The van der Waals surface area contributed by atoms with Gasteiger partial charge in [-0.25, -0.2) is 8.42 Å². The summed E-state index contributed by atoms with van der Waals surface area (Å²) < 4.78 is 57.1. The van der Waals surface area contributed by atoms with Crippen LogP contribution >= 0.6 is 0 Å². The fraction of sp³-hybridized carbons (Fsp3) is 0.368. The van der Waals surface area contributed by atoms with Gasteiger partial charge in [0.25, 0.3) is 0 Å². The Morgan fingerprint density at radius 3 is 2.04 bits per heavy atom. The van der Waals surface area contributed by atoms with Gasteiger partial charge < -0.3 is 4.18 Å². The molecule has 1 aliphatic heterocycles. The zero-order chi connectivity index (χ0) is 19.7. The fourth-order valence-corrected chi connectivity index (χ4v) is 5.51. The molecule has 0 N–H and O–H groups in total. The van der Waals surface area contributed by atoms with Crippen molar-refractivity contribution in [3.8, 4) is 5.75 Å². The van der Waals surface area contributed by atoms with Crippen LogP contribution in [0.5, 0.6) is 5.75 Å². The van der Waals surface area contributed by atoms with E-state index >= 15 is 0 Å². The third-order valence-electron chi connectivity index (χ3n) is 4.82. The SMILES string of the molecule is Cc1cccc(OS(=O)(=O)c2ccc(S(=O)(=O)N3CCCCC3)cc2)c1C. The molecule has 8 heteroatoms. The van der Waals surface area contributed by atoms with E-state index in [0.29, 0.717) is 13.1 Å². The molecule has 2 aromatic rings. The third-order valence-corrected chi connectivity index (χ3v) is 7.98. The van der Waals surface area contributed by atoms with Gasteiger partial charge in [0, 0.05) is 13.1 Å². The molecule has 2 aromatic carbocycles. The molecule has 1 heterocycles. The Labute approximate surface area is 161 Å². The molecule has 0 spiro atoms. The smallest absolute Gasteiger partial charge is 0.339 e. The second-order valence-corrected chi connectivity index (χ2v) is 10.2. The van der Waals surface area contributed by atoms with Crippen molar-refractivity contribution >= 4 is 20.1 Å². The molecule has 27 heavy (non-hydrogen) atoms. The van der Waals surface area contributed by atoms with Crippen LogP contribution in [0.1, 0.15) is 30.4 Å². The quantitative estimate of drug-likeness (QED) is 0.708. The Morgan fingerprint density at radius 1 is 0.815 bits per heavy atom. The van der Waals surface area contributed by atoms with Crippen molar-refractivity contribution in [2.75, 3.05) is 13.1 Å². The highest BCUT2D eigenvalue weighted by Gasteiger charge is 2.27. The van der Waals surface area contributed by atoms with Crippen molar-refractivity contribution in [2.24, 2.45) is 0 Å². The Morgan fingerprint density at radius 2 is 1.41 bits per heavy atom. The first-order chi connectivity index (χ1) is 12.7. The molecule has 146 valence electrons. The van der Waals surface area contributed by atoms with Crippen LogP contribution in [0.15, 0.2) is 52.3 Å². The second-order valence-electron chi connectivity index (χ2n) is 6.67. The molecule has 3 rings (SSSR count). The Bertz CT molecular complexity index is 1020. The van der Waals surface area contributed by atoms with Gasteiger partial charge in [-0.3, -0.25) is 0 Å². The first-order valence-corrected chi connectivity index (χ1v) is 11.7. The summed E-state index contributed by atoms with van der Waals surface area (Å²) in [6.45, 7) is 4.65. The minimum atomic E-state index is -4.05. The molecule has 1 aliphatic rings. The van der Waals surface area contributed by atoms with Crippen molar-refractivity contribution in [3.63, 3.8) is 0 Å². The minimum absolute atomic E-state index is 0.0824. The van der Waals surface area contributed by atoms with E-state index in [4.69, 9.17) is 4.18 Å². The van der Waals surface area contributed by atoms with E-state index in [-0.39, 0.29) is 15.5 Å². The highest BCUT2D eigenvalue weighted by atomic mass is 32.2. The topological polar surface area (TPSA) is 80.8 Å². The van der Waals surface area contributed by atoms with Gasteiger partial charge in [-0.05, 0) is 68.1 Å². The molecule has 1 saturated heterocycles. The van der Waals surface area contributed by atoms with E-state index in [0.717, 1.165) is 30.4 Å². The predicted molar refractivity (Wildman–Crippen MR) is 103 cm³/mol. The number of hydrogen-bond donors (Lipinski definition) is 0. The predicted octanol–water partition coefficient (Wildman–Crippen LogP) is 3.25. The Balaban J connectivity index is 1.85. The molecule has 0 amide bonds. The summed E-state index contributed by atoms with van der Waals surface area (Å²) in [6, 6.07) is 10.4. The number of hydrogen-bond acceptors (Lipinski definition) is 5. The van der Waals surface area contributed by atoms with Crippen LogP contribution in [-0.2, 0) is 20.1 Å². The second kappa shape index (κ2) is 7.61. The summed E-state index contributed by atoms with van der Waals surface area (Å²) in [7, 11) is -7.65. The van der Waals surface area contributed by atoms with E-state index in [1.54, 1.807) is 19.1 Å². The zero-order valence-corrected chi connectivity index (χ0v) is 17.0. The summed E-state index contributed by atoms with van der Waals surface area (Å²) in [5, 5.41) is 0. The average Bonchev–Trinajstić information content (AvgIpc) is 2.66. The summed E-state index contributed by atoms with van der Waals surface area (Å²) in [5.74, 6) is 0.264. The van der Waals surface area contributed by atoms with Crippen LogP contribution in [0.3, 0.4) is 0 Å². The lowest BCUT2D eigenvalue weighted by atomic mass is 10.1. The normalized spacial score (nSPS) is 16.2. The summed E-state index contributed by atoms with van der Waals surface area (Å²) in [6.07, 6.45) is 2.71. The molecule has 0 atom stereocenters. The standard InChI is InChI=1S/C19H23NO5S2/c1-15-7-6-8-19(16(15)2)25-27(23,24)18-11-9-17(10-12-18)26(21,22)20-13-4-3-5-14-20/h6-12H,3-5,13-14H2,1-2H3. The Kier molecular flexibility index (Phi) is 5.60. The van der Waals surface area contributed by atoms with Crippen LogP contribution < -0.4 is 4.18 Å². The number of aryl methyl sites for hydroxylation is 1. The van der Waals surface area contributed by atoms with E-state index in [9.17, 15) is 16.8 Å². The van der Waals surface area contributed by atoms with Crippen LogP contribution in [0.2, 0.25) is 0 Å². The average molecular weight is 410 g/mol. The zero-order valence-electron chi connectivity index (χ0n) is 15.4. The lowest BCUT2D eigenvalue weighted by Crippen LogP contribution is -2.35. The maximum absolute atomic E-state index is 12.7. The summed E-state index contributed by atoms with van der Waals surface area (Å²) in [5.41, 5.74) is 1.66. The molecule has 0 unspecified atom stereocenters. The summed E-state index contributed by atoms with van der Waals surface area (Å²) >= 11 is 0. The van der Waals surface area contributed by atoms with Crippen LogP contribution in [0.25, 0.3) is 0 Å². The molecule has 0 radical (unpaired) electrons. The van der Waals surface area contributed by atoms with Crippen molar-refractivity contribution in [1.82, 2.24) is 4.31 Å². The van der Waals surface area contributed by atoms with E-state index in [2.05, 4.69) is 0 Å². The lowest BCUT2D eigenvalue weighted by molar-refractivity contribution is 0.346. The molecule has 0 saturated carbocycles. The third kappa shape index (κ3) is 4.17. The van der Waals surface area contributed by atoms with E-state index < -0.39 is 20.1 Å². The molecular weight excluding hydrogens is 386 g/mol. The highest BCUT2D eigenvalue weighted by molar-refractivity contribution is 7.89. The summed E-state index contributed by atoms with van der Waals surface area (Å²) in [4.78, 5) is 0.0103. The molecule has 0 aromatic heterocycles. The van der Waals surface area contributed by atoms with Gasteiger partial charge in [-0.1, -0.05) is 18.6 Å². The molecule has 0 bridgehead atoms. The van der Waals surface area contributed by atoms with E-state index in [1.165, 1.54) is 28.6 Å². The van der Waals surface area contributed by atoms with Gasteiger partial charge in [0.15, 0.2) is 0 Å². The number of nitrogens with zero attached hydrogens (tertiary/aromatic N) is 1. The van der Waals surface area contributed by atoms with Crippen molar-refractivity contribution < 1.29 is 21.0 Å². The molecule has 6 nitrogen and oxygen atoms in total. The van der Waals surface area contributed by atoms with Gasteiger partial charge in [0.05, 0.1) is 4.90 Å². The minimum Gasteiger partial charge on any atom is -0.379 e. The first kappa shape index (κ1) is 19.9. The van der Waals surface area contributed by atoms with Crippen LogP contribution in [0.4, 0.5) is 0 Å². The molecular formula is C19H23NO5S2. The van der Waals surface area contributed by atoms with Gasteiger partial charge in [0.2, 0.25) is 10.0 Å². The van der Waals surface area contributed by atoms with Crippen molar-refractivity contribution in [3.05, 3.63) is 53.6 Å². The largest absolute Gasteiger partial charge is 0.379 e. The monoisotopic (exact) mass is 409 g/mol. The van der Waals surface area contributed by atoms with Gasteiger partial charge in [-0.15, -0.1) is 0 Å². The van der Waals surface area contributed by atoms with Crippen molar-refractivity contribution in [2.45, 2.75) is 42.9 Å². The van der Waals surface area contributed by atoms with Crippen molar-refractivity contribution in [1.29, 1.82) is 0 Å². The number of sulfonamides is 1.